The minimum absolute atomic E-state index is 0.154. The molecule has 2 aromatic rings. The summed E-state index contributed by atoms with van der Waals surface area (Å²) in [6.45, 7) is 0.790. The zero-order valence-electron chi connectivity index (χ0n) is 12.0. The third kappa shape index (κ3) is 3.92. The zero-order chi connectivity index (χ0) is 15.2. The number of nitrogens with one attached hydrogen (secondary N) is 1. The van der Waals surface area contributed by atoms with E-state index in [1.165, 1.54) is 6.07 Å². The van der Waals surface area contributed by atoms with Gasteiger partial charge in [-0.05, 0) is 30.8 Å². The predicted molar refractivity (Wildman–Crippen MR) is 76.4 cm³/mol. The lowest BCUT2D eigenvalue weighted by Gasteiger charge is -2.13. The molecule has 3 nitrogen and oxygen atoms in total. The number of benzene rings is 2. The number of ether oxygens (including phenoxy) is 2. The zero-order valence-corrected chi connectivity index (χ0v) is 12.0. The van der Waals surface area contributed by atoms with Crippen molar-refractivity contribution in [2.24, 2.45) is 0 Å². The molecule has 0 saturated heterocycles. The largest absolute Gasteiger partial charge is 0.497 e. The molecule has 5 heteroatoms. The molecule has 0 aliphatic rings. The van der Waals surface area contributed by atoms with Crippen LogP contribution in [0.4, 0.5) is 8.78 Å². The van der Waals surface area contributed by atoms with Crippen molar-refractivity contribution >= 4 is 0 Å². The van der Waals surface area contributed by atoms with Crippen molar-refractivity contribution in [2.75, 3.05) is 14.2 Å². The summed E-state index contributed by atoms with van der Waals surface area (Å²) in [5.41, 5.74) is 1.52. The van der Waals surface area contributed by atoms with Crippen molar-refractivity contribution in [1.82, 2.24) is 5.32 Å². The first-order valence-electron chi connectivity index (χ1n) is 6.52. The number of rotatable bonds is 6. The Morgan fingerprint density at radius 3 is 2.52 bits per heavy atom. The molecule has 0 aliphatic carbocycles. The quantitative estimate of drug-likeness (QED) is 0.886. The van der Waals surface area contributed by atoms with Gasteiger partial charge in [-0.15, -0.1) is 0 Å². The van der Waals surface area contributed by atoms with Crippen LogP contribution in [-0.2, 0) is 13.2 Å². The molecule has 112 valence electrons. The first-order chi connectivity index (χ1) is 10.1. The van der Waals surface area contributed by atoms with E-state index in [1.807, 2.05) is 19.2 Å². The van der Waals surface area contributed by atoms with Gasteiger partial charge in [-0.1, -0.05) is 12.1 Å². The van der Waals surface area contributed by atoms with E-state index >= 15 is 0 Å². The summed E-state index contributed by atoms with van der Waals surface area (Å²) in [5, 5.41) is 3.05. The lowest BCUT2D eigenvalue weighted by Crippen LogP contribution is -2.08. The van der Waals surface area contributed by atoms with Crippen LogP contribution < -0.4 is 14.8 Å². The Morgan fingerprint density at radius 1 is 1.05 bits per heavy atom. The molecular formula is C16H17F2NO2. The molecule has 0 fully saturated rings. The summed E-state index contributed by atoms with van der Waals surface area (Å²) in [5.74, 6) is -0.420. The minimum atomic E-state index is -0.878. The predicted octanol–water partition coefficient (Wildman–Crippen LogP) is 3.27. The second kappa shape index (κ2) is 7.04. The molecule has 1 N–H and O–H groups in total. The van der Waals surface area contributed by atoms with Crippen molar-refractivity contribution in [3.05, 3.63) is 59.2 Å². The topological polar surface area (TPSA) is 30.5 Å². The molecule has 0 atom stereocenters. The van der Waals surface area contributed by atoms with Gasteiger partial charge in [0, 0.05) is 18.2 Å². The molecule has 0 spiro atoms. The van der Waals surface area contributed by atoms with Gasteiger partial charge in [0.15, 0.2) is 11.6 Å². The maximum absolute atomic E-state index is 13.2. The minimum Gasteiger partial charge on any atom is -0.497 e. The Labute approximate surface area is 122 Å². The highest BCUT2D eigenvalue weighted by atomic mass is 19.2. The molecule has 0 radical (unpaired) electrons. The highest BCUT2D eigenvalue weighted by Gasteiger charge is 2.07. The van der Waals surface area contributed by atoms with Crippen LogP contribution in [0, 0.1) is 11.6 Å². The summed E-state index contributed by atoms with van der Waals surface area (Å²) in [6, 6.07) is 9.23. The van der Waals surface area contributed by atoms with Gasteiger partial charge in [0.25, 0.3) is 0 Å². The summed E-state index contributed by atoms with van der Waals surface area (Å²) in [7, 11) is 3.41. The van der Waals surface area contributed by atoms with Crippen molar-refractivity contribution in [1.29, 1.82) is 0 Å². The third-order valence-electron chi connectivity index (χ3n) is 3.02. The van der Waals surface area contributed by atoms with Gasteiger partial charge in [-0.2, -0.15) is 0 Å². The number of hydrogen-bond donors (Lipinski definition) is 1. The fraction of sp³-hybridized carbons (Fsp3) is 0.250. The van der Waals surface area contributed by atoms with E-state index in [1.54, 1.807) is 13.2 Å². The fourth-order valence-corrected chi connectivity index (χ4v) is 1.92. The van der Waals surface area contributed by atoms with Crippen molar-refractivity contribution in [3.63, 3.8) is 0 Å². The SMILES string of the molecule is CNCc1ccc(OC)cc1OCc1ccc(F)c(F)c1. The second-order valence-corrected chi connectivity index (χ2v) is 4.54. The number of hydrogen-bond acceptors (Lipinski definition) is 3. The Bertz CT molecular complexity index is 617. The van der Waals surface area contributed by atoms with Crippen LogP contribution >= 0.6 is 0 Å². The van der Waals surface area contributed by atoms with Crippen molar-refractivity contribution < 1.29 is 18.3 Å². The van der Waals surface area contributed by atoms with Gasteiger partial charge in [-0.3, -0.25) is 0 Å². The normalized spacial score (nSPS) is 10.5. The molecule has 0 unspecified atom stereocenters. The molecule has 0 aliphatic heterocycles. The summed E-state index contributed by atoms with van der Waals surface area (Å²) >= 11 is 0. The fourth-order valence-electron chi connectivity index (χ4n) is 1.92. The van der Waals surface area contributed by atoms with Gasteiger partial charge >= 0.3 is 0 Å². The lowest BCUT2D eigenvalue weighted by molar-refractivity contribution is 0.298. The molecule has 0 aromatic heterocycles. The Hall–Kier alpha value is -2.14. The highest BCUT2D eigenvalue weighted by Crippen LogP contribution is 2.25. The Balaban J connectivity index is 2.15. The first kappa shape index (κ1) is 15.3. The van der Waals surface area contributed by atoms with Crippen LogP contribution in [0.5, 0.6) is 11.5 Å². The summed E-state index contributed by atoms with van der Waals surface area (Å²) < 4.78 is 36.9. The lowest BCUT2D eigenvalue weighted by atomic mass is 10.2. The van der Waals surface area contributed by atoms with Crippen molar-refractivity contribution in [3.8, 4) is 11.5 Å². The summed E-state index contributed by atoms with van der Waals surface area (Å²) in [6.07, 6.45) is 0. The molecule has 0 bridgehead atoms. The van der Waals surface area contributed by atoms with E-state index in [0.29, 0.717) is 23.6 Å². The first-order valence-corrected chi connectivity index (χ1v) is 6.52. The van der Waals surface area contributed by atoms with E-state index < -0.39 is 11.6 Å². The Kier molecular flexibility index (Phi) is 5.11. The van der Waals surface area contributed by atoms with Gasteiger partial charge in [0.2, 0.25) is 0 Å². The molecule has 2 aromatic carbocycles. The van der Waals surface area contributed by atoms with Crippen molar-refractivity contribution in [2.45, 2.75) is 13.2 Å². The average molecular weight is 293 g/mol. The number of halogens is 2. The van der Waals surface area contributed by atoms with E-state index in [-0.39, 0.29) is 6.61 Å². The average Bonchev–Trinajstić information content (AvgIpc) is 2.50. The van der Waals surface area contributed by atoms with Crippen LogP contribution in [0.15, 0.2) is 36.4 Å². The molecule has 2 rings (SSSR count). The monoisotopic (exact) mass is 293 g/mol. The van der Waals surface area contributed by atoms with Crippen LogP contribution in [0.1, 0.15) is 11.1 Å². The molecule has 21 heavy (non-hydrogen) atoms. The van der Waals surface area contributed by atoms with E-state index in [9.17, 15) is 8.78 Å². The van der Waals surface area contributed by atoms with Crippen LogP contribution in [-0.4, -0.2) is 14.2 Å². The maximum Gasteiger partial charge on any atom is 0.159 e. The van der Waals surface area contributed by atoms with Gasteiger partial charge < -0.3 is 14.8 Å². The number of methoxy groups -OCH3 is 1. The third-order valence-corrected chi connectivity index (χ3v) is 3.02. The molecule has 0 saturated carbocycles. The van der Waals surface area contributed by atoms with Crippen LogP contribution in [0.25, 0.3) is 0 Å². The standard InChI is InChI=1S/C16H17F2NO2/c1-19-9-12-4-5-13(20-2)8-16(12)21-10-11-3-6-14(17)15(18)7-11/h3-8,19H,9-10H2,1-2H3. The van der Waals surface area contributed by atoms with Gasteiger partial charge in [0.05, 0.1) is 7.11 Å². The van der Waals surface area contributed by atoms with E-state index in [4.69, 9.17) is 9.47 Å². The second-order valence-electron chi connectivity index (χ2n) is 4.54. The smallest absolute Gasteiger partial charge is 0.159 e. The molecule has 0 heterocycles. The van der Waals surface area contributed by atoms with E-state index in [0.717, 1.165) is 17.7 Å². The molecule has 0 amide bonds. The molecular weight excluding hydrogens is 276 g/mol. The summed E-state index contributed by atoms with van der Waals surface area (Å²) in [4.78, 5) is 0. The van der Waals surface area contributed by atoms with Crippen LogP contribution in [0.2, 0.25) is 0 Å². The maximum atomic E-state index is 13.2. The van der Waals surface area contributed by atoms with Gasteiger partial charge in [-0.25, -0.2) is 8.78 Å². The Morgan fingerprint density at radius 2 is 1.86 bits per heavy atom. The highest BCUT2D eigenvalue weighted by molar-refractivity contribution is 5.41. The van der Waals surface area contributed by atoms with Gasteiger partial charge in [0.1, 0.15) is 18.1 Å². The van der Waals surface area contributed by atoms with Crippen LogP contribution in [0.3, 0.4) is 0 Å². The van der Waals surface area contributed by atoms with E-state index in [2.05, 4.69) is 5.32 Å².